The van der Waals surface area contributed by atoms with Crippen LogP contribution in [0, 0.1) is 5.82 Å². The van der Waals surface area contributed by atoms with Gasteiger partial charge in [-0.1, -0.05) is 6.07 Å². The van der Waals surface area contributed by atoms with Gasteiger partial charge in [-0.15, -0.1) is 0 Å². The quantitative estimate of drug-likeness (QED) is 0.913. The molecular formula is C10H8BrFN2O. The highest BCUT2D eigenvalue weighted by molar-refractivity contribution is 9.10. The summed E-state index contributed by atoms with van der Waals surface area (Å²) in [5.41, 5.74) is 5.72. The first kappa shape index (κ1) is 10.3. The second-order valence-corrected chi connectivity index (χ2v) is 3.78. The first-order valence-corrected chi connectivity index (χ1v) is 5.11. The monoisotopic (exact) mass is 270 g/mol. The SMILES string of the molecule is NCc1ncc(-c2cccc(Br)c2F)o1. The average Bonchev–Trinajstić information content (AvgIpc) is 2.70. The van der Waals surface area contributed by atoms with Crippen molar-refractivity contribution >= 4 is 15.9 Å². The third-order valence-corrected chi connectivity index (χ3v) is 2.56. The Kier molecular flexibility index (Phi) is 2.83. The molecule has 1 aromatic carbocycles. The van der Waals surface area contributed by atoms with E-state index < -0.39 is 0 Å². The molecule has 5 heteroatoms. The Morgan fingerprint density at radius 3 is 2.93 bits per heavy atom. The zero-order valence-corrected chi connectivity index (χ0v) is 9.29. The summed E-state index contributed by atoms with van der Waals surface area (Å²) in [6.07, 6.45) is 1.47. The Morgan fingerprint density at radius 2 is 2.27 bits per heavy atom. The number of nitrogens with two attached hydrogens (primary N) is 1. The number of nitrogens with zero attached hydrogens (tertiary/aromatic N) is 1. The van der Waals surface area contributed by atoms with E-state index in [9.17, 15) is 4.39 Å². The van der Waals surface area contributed by atoms with Crippen molar-refractivity contribution in [3.8, 4) is 11.3 Å². The fourth-order valence-corrected chi connectivity index (χ4v) is 1.59. The fourth-order valence-electron chi connectivity index (χ4n) is 1.22. The molecule has 0 aliphatic carbocycles. The van der Waals surface area contributed by atoms with Gasteiger partial charge in [0.25, 0.3) is 0 Å². The van der Waals surface area contributed by atoms with Crippen molar-refractivity contribution in [2.45, 2.75) is 6.54 Å². The van der Waals surface area contributed by atoms with Crippen molar-refractivity contribution in [2.24, 2.45) is 5.73 Å². The van der Waals surface area contributed by atoms with Crippen molar-refractivity contribution in [3.05, 3.63) is 40.6 Å². The number of halogens is 2. The van der Waals surface area contributed by atoms with Gasteiger partial charge in [-0.25, -0.2) is 9.37 Å². The van der Waals surface area contributed by atoms with Crippen molar-refractivity contribution in [2.75, 3.05) is 0 Å². The smallest absolute Gasteiger partial charge is 0.208 e. The van der Waals surface area contributed by atoms with Crippen molar-refractivity contribution in [3.63, 3.8) is 0 Å². The number of hydrogen-bond donors (Lipinski definition) is 1. The predicted molar refractivity (Wildman–Crippen MR) is 57.5 cm³/mol. The molecule has 0 radical (unpaired) electrons. The minimum atomic E-state index is -0.364. The molecule has 78 valence electrons. The Labute approximate surface area is 94.2 Å². The van der Waals surface area contributed by atoms with Crippen LogP contribution in [0.4, 0.5) is 4.39 Å². The molecule has 0 saturated heterocycles. The van der Waals surface area contributed by atoms with E-state index >= 15 is 0 Å². The fraction of sp³-hybridized carbons (Fsp3) is 0.100. The molecule has 0 fully saturated rings. The summed E-state index contributed by atoms with van der Waals surface area (Å²) in [4.78, 5) is 3.91. The van der Waals surface area contributed by atoms with E-state index in [0.29, 0.717) is 21.7 Å². The Morgan fingerprint density at radius 1 is 1.47 bits per heavy atom. The van der Waals surface area contributed by atoms with Crippen LogP contribution in [0.15, 0.2) is 33.3 Å². The van der Waals surface area contributed by atoms with Crippen LogP contribution >= 0.6 is 15.9 Å². The summed E-state index contributed by atoms with van der Waals surface area (Å²) >= 11 is 3.11. The highest BCUT2D eigenvalue weighted by atomic mass is 79.9. The highest BCUT2D eigenvalue weighted by Gasteiger charge is 2.12. The topological polar surface area (TPSA) is 52.0 Å². The number of oxazole rings is 1. The molecule has 1 heterocycles. The molecule has 2 aromatic rings. The molecule has 2 rings (SSSR count). The lowest BCUT2D eigenvalue weighted by Crippen LogP contribution is -1.94. The molecular weight excluding hydrogens is 263 g/mol. The largest absolute Gasteiger partial charge is 0.439 e. The summed E-state index contributed by atoms with van der Waals surface area (Å²) in [7, 11) is 0. The van der Waals surface area contributed by atoms with Crippen LogP contribution in [0.25, 0.3) is 11.3 Å². The number of hydrogen-bond acceptors (Lipinski definition) is 3. The van der Waals surface area contributed by atoms with Crippen molar-refractivity contribution in [1.82, 2.24) is 4.98 Å². The van der Waals surface area contributed by atoms with E-state index in [1.54, 1.807) is 18.2 Å². The lowest BCUT2D eigenvalue weighted by Gasteiger charge is -1.99. The lowest BCUT2D eigenvalue weighted by atomic mass is 10.2. The summed E-state index contributed by atoms with van der Waals surface area (Å²) in [5.74, 6) is 0.413. The van der Waals surface area contributed by atoms with Gasteiger partial charge in [0.05, 0.1) is 22.8 Å². The molecule has 15 heavy (non-hydrogen) atoms. The van der Waals surface area contributed by atoms with E-state index in [-0.39, 0.29) is 12.4 Å². The summed E-state index contributed by atoms with van der Waals surface area (Å²) in [6, 6.07) is 4.98. The molecule has 0 atom stereocenters. The number of aromatic nitrogens is 1. The number of benzene rings is 1. The van der Waals surface area contributed by atoms with E-state index in [4.69, 9.17) is 10.2 Å². The predicted octanol–water partition coefficient (Wildman–Crippen LogP) is 2.70. The first-order valence-electron chi connectivity index (χ1n) is 4.31. The third kappa shape index (κ3) is 1.93. The van der Waals surface area contributed by atoms with Crippen LogP contribution in [-0.2, 0) is 6.54 Å². The molecule has 0 unspecified atom stereocenters. The lowest BCUT2D eigenvalue weighted by molar-refractivity contribution is 0.505. The van der Waals surface area contributed by atoms with Gasteiger partial charge in [0, 0.05) is 0 Å². The van der Waals surface area contributed by atoms with Gasteiger partial charge in [0.1, 0.15) is 5.82 Å². The van der Waals surface area contributed by atoms with E-state index in [1.165, 1.54) is 6.20 Å². The zero-order chi connectivity index (χ0) is 10.8. The van der Waals surface area contributed by atoms with Crippen molar-refractivity contribution < 1.29 is 8.81 Å². The molecule has 0 aliphatic heterocycles. The van der Waals surface area contributed by atoms with Gasteiger partial charge in [-0.05, 0) is 28.1 Å². The minimum Gasteiger partial charge on any atom is -0.439 e. The molecule has 2 N–H and O–H groups in total. The Hall–Kier alpha value is -1.20. The van der Waals surface area contributed by atoms with Gasteiger partial charge in [0.15, 0.2) is 5.76 Å². The third-order valence-electron chi connectivity index (χ3n) is 1.95. The first-order chi connectivity index (χ1) is 7.22. The average molecular weight is 271 g/mol. The molecule has 3 nitrogen and oxygen atoms in total. The second kappa shape index (κ2) is 4.12. The van der Waals surface area contributed by atoms with Gasteiger partial charge in [0.2, 0.25) is 5.89 Å². The molecule has 0 bridgehead atoms. The molecule has 0 amide bonds. The molecule has 0 aliphatic rings. The standard InChI is InChI=1S/C10H8BrFN2O/c11-7-3-1-2-6(10(7)12)8-5-14-9(4-13)15-8/h1-3,5H,4,13H2. The van der Waals surface area contributed by atoms with Crippen LogP contribution < -0.4 is 5.73 Å². The molecule has 0 saturated carbocycles. The van der Waals surface area contributed by atoms with Gasteiger partial charge in [-0.2, -0.15) is 0 Å². The van der Waals surface area contributed by atoms with Crippen LogP contribution in [0.3, 0.4) is 0 Å². The Balaban J connectivity index is 2.49. The van der Waals surface area contributed by atoms with Crippen molar-refractivity contribution in [1.29, 1.82) is 0 Å². The summed E-state index contributed by atoms with van der Waals surface area (Å²) in [6.45, 7) is 0.204. The van der Waals surface area contributed by atoms with Crippen LogP contribution in [-0.4, -0.2) is 4.98 Å². The van der Waals surface area contributed by atoms with Gasteiger partial charge < -0.3 is 10.2 Å². The summed E-state index contributed by atoms with van der Waals surface area (Å²) in [5, 5.41) is 0. The van der Waals surface area contributed by atoms with Crippen LogP contribution in [0.2, 0.25) is 0 Å². The maximum Gasteiger partial charge on any atom is 0.208 e. The molecule has 0 spiro atoms. The highest BCUT2D eigenvalue weighted by Crippen LogP contribution is 2.28. The van der Waals surface area contributed by atoms with E-state index in [2.05, 4.69) is 20.9 Å². The maximum atomic E-state index is 13.6. The van der Waals surface area contributed by atoms with Gasteiger partial charge >= 0.3 is 0 Å². The second-order valence-electron chi connectivity index (χ2n) is 2.92. The molecule has 1 aromatic heterocycles. The maximum absolute atomic E-state index is 13.6. The van der Waals surface area contributed by atoms with E-state index in [0.717, 1.165) is 0 Å². The zero-order valence-electron chi connectivity index (χ0n) is 7.71. The minimum absolute atomic E-state index is 0.204. The van der Waals surface area contributed by atoms with Crippen LogP contribution in [0.5, 0.6) is 0 Å². The van der Waals surface area contributed by atoms with Gasteiger partial charge in [-0.3, -0.25) is 0 Å². The number of rotatable bonds is 2. The Bertz CT molecular complexity index is 484. The van der Waals surface area contributed by atoms with E-state index in [1.807, 2.05) is 0 Å². The summed E-state index contributed by atoms with van der Waals surface area (Å²) < 4.78 is 19.3. The normalized spacial score (nSPS) is 10.6. The van der Waals surface area contributed by atoms with Crippen LogP contribution in [0.1, 0.15) is 5.89 Å².